The number of rotatable bonds is 1. The van der Waals surface area contributed by atoms with E-state index >= 15 is 0 Å². The second kappa shape index (κ2) is 5.16. The first kappa shape index (κ1) is 12.0. The molecule has 0 aliphatic heterocycles. The van der Waals surface area contributed by atoms with E-state index in [-0.39, 0.29) is 29.6 Å². The Labute approximate surface area is 109 Å². The normalized spacial score (nSPS) is 11.1. The molecule has 0 atom stereocenters. The molecule has 2 aromatic rings. The number of fused-ring (bicyclic) bond motifs is 1. The van der Waals surface area contributed by atoms with Gasteiger partial charge in [0.1, 0.15) is 0 Å². The monoisotopic (exact) mass is 209 g/mol. The molecule has 0 radical (unpaired) electrons. The Kier molecular flexibility index (Phi) is 4.15. The molecule has 0 heterocycles. The van der Waals surface area contributed by atoms with Crippen LogP contribution in [0.3, 0.4) is 0 Å². The number of oxime groups is 1. The molecule has 0 aliphatic carbocycles. The first-order valence-corrected chi connectivity index (χ1v) is 4.19. The van der Waals surface area contributed by atoms with E-state index in [0.29, 0.717) is 5.56 Å². The Balaban J connectivity index is 0.00000112. The molecular formula is C11H8NNaO2. The van der Waals surface area contributed by atoms with Crippen molar-refractivity contribution in [3.63, 3.8) is 0 Å². The van der Waals surface area contributed by atoms with Crippen LogP contribution in [0.2, 0.25) is 0 Å². The molecule has 1 N–H and O–H groups in total. The molecule has 0 unspecified atom stereocenters. The summed E-state index contributed by atoms with van der Waals surface area (Å²) in [6, 6.07) is 12.9. The molecule has 0 bridgehead atoms. The Hall–Kier alpha value is -1.03. The van der Waals surface area contributed by atoms with Crippen molar-refractivity contribution in [2.24, 2.45) is 5.16 Å². The predicted molar refractivity (Wildman–Crippen MR) is 52.3 cm³/mol. The molecule has 2 rings (SSSR count). The van der Waals surface area contributed by atoms with Crippen LogP contribution >= 0.6 is 0 Å². The van der Waals surface area contributed by atoms with Crippen molar-refractivity contribution in [1.29, 1.82) is 0 Å². The third kappa shape index (κ3) is 2.50. The van der Waals surface area contributed by atoms with Crippen LogP contribution in [0.4, 0.5) is 0 Å². The van der Waals surface area contributed by atoms with Gasteiger partial charge in [0.25, 0.3) is 0 Å². The maximum Gasteiger partial charge on any atom is 1.00 e. The zero-order valence-corrected chi connectivity index (χ0v) is 10.3. The minimum Gasteiger partial charge on any atom is -0.856 e. The van der Waals surface area contributed by atoms with Crippen molar-refractivity contribution in [2.75, 3.05) is 0 Å². The van der Waals surface area contributed by atoms with Crippen LogP contribution in [0.25, 0.3) is 10.8 Å². The fraction of sp³-hybridized carbons (Fsp3) is 0. The maximum atomic E-state index is 11.0. The van der Waals surface area contributed by atoms with E-state index < -0.39 is 5.90 Å². The van der Waals surface area contributed by atoms with Gasteiger partial charge < -0.3 is 10.3 Å². The summed E-state index contributed by atoms with van der Waals surface area (Å²) < 4.78 is 0. The van der Waals surface area contributed by atoms with Gasteiger partial charge in [0.2, 0.25) is 0 Å². The van der Waals surface area contributed by atoms with Crippen molar-refractivity contribution < 1.29 is 39.9 Å². The van der Waals surface area contributed by atoms with E-state index in [0.717, 1.165) is 10.8 Å². The zero-order chi connectivity index (χ0) is 9.97. The predicted octanol–water partition coefficient (Wildman–Crippen LogP) is -1.66. The van der Waals surface area contributed by atoms with Gasteiger partial charge >= 0.3 is 29.6 Å². The summed E-state index contributed by atoms with van der Waals surface area (Å²) in [7, 11) is 0. The second-order valence-electron chi connectivity index (χ2n) is 2.97. The van der Waals surface area contributed by atoms with Crippen LogP contribution in [0.1, 0.15) is 5.56 Å². The summed E-state index contributed by atoms with van der Waals surface area (Å²) >= 11 is 0. The Morgan fingerprint density at radius 2 is 1.73 bits per heavy atom. The minimum absolute atomic E-state index is 0. The average molecular weight is 209 g/mol. The van der Waals surface area contributed by atoms with Gasteiger partial charge in [-0.3, -0.25) is 0 Å². The molecule has 0 aliphatic rings. The van der Waals surface area contributed by atoms with E-state index in [2.05, 4.69) is 5.16 Å². The third-order valence-corrected chi connectivity index (χ3v) is 2.09. The molecule has 0 saturated heterocycles. The van der Waals surface area contributed by atoms with Gasteiger partial charge in [0.05, 0.1) is 0 Å². The van der Waals surface area contributed by atoms with Gasteiger partial charge in [0.15, 0.2) is 0 Å². The van der Waals surface area contributed by atoms with Gasteiger partial charge in [-0.15, -0.1) is 5.16 Å². The Bertz CT molecular complexity index is 497. The zero-order valence-electron chi connectivity index (χ0n) is 8.34. The molecule has 0 amide bonds. The average Bonchev–Trinajstić information content (AvgIpc) is 2.27. The number of hydrogen-bond acceptors (Lipinski definition) is 3. The van der Waals surface area contributed by atoms with Crippen LogP contribution in [0, 0.1) is 0 Å². The molecular weight excluding hydrogens is 201 g/mol. The van der Waals surface area contributed by atoms with Gasteiger partial charge in [-0.25, -0.2) is 0 Å². The number of benzene rings is 2. The quantitative estimate of drug-likeness (QED) is 0.201. The summed E-state index contributed by atoms with van der Waals surface area (Å²) in [6.07, 6.45) is 0. The van der Waals surface area contributed by atoms with Crippen LogP contribution in [-0.2, 0) is 0 Å². The van der Waals surface area contributed by atoms with Gasteiger partial charge in [-0.05, 0) is 22.4 Å². The van der Waals surface area contributed by atoms with Crippen molar-refractivity contribution in [3.05, 3.63) is 48.0 Å². The standard InChI is InChI=1S/C11H9NO2.Na/c13-11(12-14)10-6-5-8-3-1-2-4-9(8)7-10;/h1-7,14H,(H,12,13);/q;+1/p-1. The van der Waals surface area contributed by atoms with Gasteiger partial charge in [-0.2, -0.15) is 0 Å². The van der Waals surface area contributed by atoms with E-state index in [4.69, 9.17) is 5.21 Å². The number of nitrogens with zero attached hydrogens (tertiary/aromatic N) is 1. The largest absolute Gasteiger partial charge is 1.00 e. The minimum atomic E-state index is -0.615. The van der Waals surface area contributed by atoms with Gasteiger partial charge in [-0.1, -0.05) is 36.4 Å². The van der Waals surface area contributed by atoms with Gasteiger partial charge in [0, 0.05) is 5.90 Å². The van der Waals surface area contributed by atoms with Crippen molar-refractivity contribution in [1.82, 2.24) is 0 Å². The SMILES string of the molecule is [Na+].[O-]C(=NO)c1ccc2ccccc2c1. The fourth-order valence-electron chi connectivity index (χ4n) is 1.38. The Morgan fingerprint density at radius 1 is 1.07 bits per heavy atom. The van der Waals surface area contributed by atoms with Crippen molar-refractivity contribution in [2.45, 2.75) is 0 Å². The van der Waals surface area contributed by atoms with E-state index in [1.165, 1.54) is 0 Å². The molecule has 2 aromatic carbocycles. The maximum absolute atomic E-state index is 11.0. The first-order valence-electron chi connectivity index (χ1n) is 4.19. The molecule has 15 heavy (non-hydrogen) atoms. The van der Waals surface area contributed by atoms with E-state index in [1.807, 2.05) is 30.3 Å². The van der Waals surface area contributed by atoms with Crippen LogP contribution in [0.5, 0.6) is 0 Å². The van der Waals surface area contributed by atoms with E-state index in [9.17, 15) is 5.11 Å². The Morgan fingerprint density at radius 3 is 2.40 bits per heavy atom. The van der Waals surface area contributed by atoms with Crippen molar-refractivity contribution >= 4 is 16.7 Å². The van der Waals surface area contributed by atoms with Crippen LogP contribution < -0.4 is 34.7 Å². The summed E-state index contributed by atoms with van der Waals surface area (Å²) in [6.45, 7) is 0. The molecule has 0 aromatic heterocycles. The van der Waals surface area contributed by atoms with Crippen LogP contribution in [-0.4, -0.2) is 11.1 Å². The molecule has 0 fully saturated rings. The summed E-state index contributed by atoms with van der Waals surface area (Å²) in [4.78, 5) is 0. The number of hydrogen-bond donors (Lipinski definition) is 1. The molecule has 0 spiro atoms. The fourth-order valence-corrected chi connectivity index (χ4v) is 1.38. The first-order chi connectivity index (χ1) is 6.81. The smallest absolute Gasteiger partial charge is 0.856 e. The van der Waals surface area contributed by atoms with Crippen molar-refractivity contribution in [3.8, 4) is 0 Å². The molecule has 0 saturated carbocycles. The third-order valence-electron chi connectivity index (χ3n) is 2.09. The summed E-state index contributed by atoms with van der Waals surface area (Å²) in [5.41, 5.74) is 0.395. The summed E-state index contributed by atoms with van der Waals surface area (Å²) in [5.74, 6) is -0.615. The molecule has 70 valence electrons. The topological polar surface area (TPSA) is 55.7 Å². The molecule has 4 heteroatoms. The second-order valence-corrected chi connectivity index (χ2v) is 2.97. The molecule has 3 nitrogen and oxygen atoms in total. The summed E-state index contributed by atoms with van der Waals surface area (Å²) in [5, 5.41) is 24.0. The van der Waals surface area contributed by atoms with E-state index in [1.54, 1.807) is 12.1 Å². The van der Waals surface area contributed by atoms with Crippen LogP contribution in [0.15, 0.2) is 47.6 Å².